The van der Waals surface area contributed by atoms with Gasteiger partial charge in [0, 0.05) is 16.2 Å². The first-order chi connectivity index (χ1) is 11.9. The summed E-state index contributed by atoms with van der Waals surface area (Å²) in [6, 6.07) is 13.6. The van der Waals surface area contributed by atoms with E-state index in [1.807, 2.05) is 26.0 Å². The molecule has 5 nitrogen and oxygen atoms in total. The summed E-state index contributed by atoms with van der Waals surface area (Å²) < 4.78 is 12.3. The maximum atomic E-state index is 12.4. The van der Waals surface area contributed by atoms with Crippen molar-refractivity contribution in [2.45, 2.75) is 31.2 Å². The Balaban J connectivity index is 2.02. The van der Waals surface area contributed by atoms with E-state index in [2.05, 4.69) is 5.32 Å². The minimum Gasteiger partial charge on any atom is -0.368 e. The maximum Gasteiger partial charge on any atom is 0.251 e. The van der Waals surface area contributed by atoms with Gasteiger partial charge in [0.2, 0.25) is 5.91 Å². The molecular weight excluding hydrogens is 336 g/mol. The Morgan fingerprint density at radius 1 is 1.08 bits per heavy atom. The monoisotopic (exact) mass is 358 g/mol. The fourth-order valence-electron chi connectivity index (χ4n) is 2.55. The number of carbonyl (C=O) groups excluding carboxylic acids is 2. The third kappa shape index (κ3) is 5.53. The van der Waals surface area contributed by atoms with Crippen LogP contribution in [0, 0.1) is 13.8 Å². The third-order valence-corrected chi connectivity index (χ3v) is 5.14. The molecule has 0 radical (unpaired) electrons. The highest BCUT2D eigenvalue weighted by Gasteiger charge is 2.20. The third-order valence-electron chi connectivity index (χ3n) is 3.73. The van der Waals surface area contributed by atoms with Gasteiger partial charge in [-0.3, -0.25) is 13.8 Å². The first kappa shape index (κ1) is 18.9. The van der Waals surface area contributed by atoms with Crippen LogP contribution in [0.2, 0.25) is 0 Å². The molecule has 0 bridgehead atoms. The molecule has 0 aliphatic rings. The average Bonchev–Trinajstić information content (AvgIpc) is 2.57. The summed E-state index contributed by atoms with van der Waals surface area (Å²) in [4.78, 5) is 24.7. The zero-order valence-electron chi connectivity index (χ0n) is 14.3. The Hall–Kier alpha value is -2.47. The van der Waals surface area contributed by atoms with Gasteiger partial charge in [-0.15, -0.1) is 0 Å². The molecule has 0 unspecified atom stereocenters. The molecular formula is C19H22N2O3S. The summed E-state index contributed by atoms with van der Waals surface area (Å²) in [5.41, 5.74) is 7.80. The van der Waals surface area contributed by atoms with Gasteiger partial charge in [-0.25, -0.2) is 0 Å². The molecule has 2 aromatic rings. The predicted molar refractivity (Wildman–Crippen MR) is 98.7 cm³/mol. The molecule has 2 aromatic carbocycles. The zero-order chi connectivity index (χ0) is 18.4. The van der Waals surface area contributed by atoms with Gasteiger partial charge in [-0.1, -0.05) is 35.4 Å². The van der Waals surface area contributed by atoms with E-state index in [9.17, 15) is 13.8 Å². The highest BCUT2D eigenvalue weighted by molar-refractivity contribution is 7.85. The van der Waals surface area contributed by atoms with Crippen LogP contribution in [0.1, 0.15) is 27.9 Å². The van der Waals surface area contributed by atoms with Crippen LogP contribution >= 0.6 is 0 Å². The summed E-state index contributed by atoms with van der Waals surface area (Å²) in [5.74, 6) is -0.756. The quantitative estimate of drug-likeness (QED) is 0.794. The van der Waals surface area contributed by atoms with Crippen molar-refractivity contribution in [3.63, 3.8) is 0 Å². The van der Waals surface area contributed by atoms with Gasteiger partial charge in [0.05, 0.1) is 10.8 Å². The molecule has 0 saturated heterocycles. The van der Waals surface area contributed by atoms with Crippen LogP contribution in [0.3, 0.4) is 0 Å². The SMILES string of the molecule is Cc1cc(C)cc(C(=O)N[C@@H](CC[S@](=O)c2ccccc2)C(N)=O)c1. The van der Waals surface area contributed by atoms with Gasteiger partial charge < -0.3 is 11.1 Å². The van der Waals surface area contributed by atoms with E-state index >= 15 is 0 Å². The Morgan fingerprint density at radius 2 is 1.68 bits per heavy atom. The predicted octanol–water partition coefficient (Wildman–Crippen LogP) is 2.09. The lowest BCUT2D eigenvalue weighted by Gasteiger charge is -2.16. The van der Waals surface area contributed by atoms with Crippen molar-refractivity contribution >= 4 is 22.6 Å². The van der Waals surface area contributed by atoms with Crippen molar-refractivity contribution in [1.82, 2.24) is 5.32 Å². The molecule has 3 N–H and O–H groups in total. The normalized spacial score (nSPS) is 13.0. The van der Waals surface area contributed by atoms with Gasteiger partial charge in [0.1, 0.15) is 6.04 Å². The molecule has 0 aliphatic carbocycles. The number of carbonyl (C=O) groups is 2. The average molecular weight is 358 g/mol. The van der Waals surface area contributed by atoms with Crippen LogP contribution in [-0.4, -0.2) is 27.8 Å². The molecule has 2 atom stereocenters. The maximum absolute atomic E-state index is 12.4. The molecule has 132 valence electrons. The van der Waals surface area contributed by atoms with E-state index in [4.69, 9.17) is 5.73 Å². The standard InChI is InChI=1S/C19H22N2O3S/c1-13-10-14(2)12-15(11-13)19(23)21-17(18(20)22)8-9-25(24)16-6-4-3-5-7-16/h3-7,10-12,17H,8-9H2,1-2H3,(H2,20,22)(H,21,23)/t17-,25-/m0/s1. The molecule has 2 amide bonds. The second-order valence-electron chi connectivity index (χ2n) is 5.96. The minimum atomic E-state index is -1.25. The van der Waals surface area contributed by atoms with Crippen molar-refractivity contribution in [1.29, 1.82) is 0 Å². The summed E-state index contributed by atoms with van der Waals surface area (Å²) in [7, 11) is -1.25. The Kier molecular flexibility index (Phi) is 6.47. The first-order valence-electron chi connectivity index (χ1n) is 7.98. The van der Waals surface area contributed by atoms with Crippen molar-refractivity contribution in [2.24, 2.45) is 5.73 Å². The van der Waals surface area contributed by atoms with Gasteiger partial charge in [0.15, 0.2) is 0 Å². The van der Waals surface area contributed by atoms with E-state index in [0.29, 0.717) is 10.5 Å². The second-order valence-corrected chi connectivity index (χ2v) is 7.53. The molecule has 25 heavy (non-hydrogen) atoms. The minimum absolute atomic E-state index is 0.216. The lowest BCUT2D eigenvalue weighted by Crippen LogP contribution is -2.45. The number of hydrogen-bond acceptors (Lipinski definition) is 3. The number of nitrogens with two attached hydrogens (primary N) is 1. The van der Waals surface area contributed by atoms with Crippen LogP contribution in [0.25, 0.3) is 0 Å². The second kappa shape index (κ2) is 8.58. The Morgan fingerprint density at radius 3 is 2.24 bits per heavy atom. The highest BCUT2D eigenvalue weighted by Crippen LogP contribution is 2.11. The van der Waals surface area contributed by atoms with Crippen molar-refractivity contribution in [2.75, 3.05) is 5.75 Å². The highest BCUT2D eigenvalue weighted by atomic mass is 32.2. The summed E-state index contributed by atoms with van der Waals surface area (Å²) in [6.45, 7) is 3.80. The molecule has 2 rings (SSSR count). The summed E-state index contributed by atoms with van der Waals surface area (Å²) in [5, 5.41) is 2.65. The van der Waals surface area contributed by atoms with Crippen LogP contribution in [0.5, 0.6) is 0 Å². The number of hydrogen-bond donors (Lipinski definition) is 2. The van der Waals surface area contributed by atoms with Crippen molar-refractivity contribution < 1.29 is 13.8 Å². The molecule has 0 aliphatic heterocycles. The van der Waals surface area contributed by atoms with E-state index < -0.39 is 22.7 Å². The smallest absolute Gasteiger partial charge is 0.251 e. The van der Waals surface area contributed by atoms with E-state index in [0.717, 1.165) is 11.1 Å². The van der Waals surface area contributed by atoms with Crippen molar-refractivity contribution in [3.05, 3.63) is 65.2 Å². The molecule has 0 fully saturated rings. The van der Waals surface area contributed by atoms with E-state index in [1.165, 1.54) is 0 Å². The number of aryl methyl sites for hydroxylation is 2. The first-order valence-corrected chi connectivity index (χ1v) is 9.30. The van der Waals surface area contributed by atoms with Crippen LogP contribution < -0.4 is 11.1 Å². The molecule has 0 spiro atoms. The summed E-state index contributed by atoms with van der Waals surface area (Å²) in [6.07, 6.45) is 0.216. The van der Waals surface area contributed by atoms with E-state index in [-0.39, 0.29) is 18.1 Å². The van der Waals surface area contributed by atoms with Gasteiger partial charge in [-0.2, -0.15) is 0 Å². The number of amides is 2. The lowest BCUT2D eigenvalue weighted by molar-refractivity contribution is -0.119. The number of benzene rings is 2. The van der Waals surface area contributed by atoms with Gasteiger partial charge in [0.25, 0.3) is 5.91 Å². The fourth-order valence-corrected chi connectivity index (χ4v) is 3.69. The fraction of sp³-hybridized carbons (Fsp3) is 0.263. The van der Waals surface area contributed by atoms with Gasteiger partial charge >= 0.3 is 0 Å². The van der Waals surface area contributed by atoms with Crippen LogP contribution in [-0.2, 0) is 15.6 Å². The number of nitrogens with one attached hydrogen (secondary N) is 1. The number of rotatable bonds is 7. The molecule has 6 heteroatoms. The van der Waals surface area contributed by atoms with E-state index in [1.54, 1.807) is 36.4 Å². The number of primary amides is 1. The largest absolute Gasteiger partial charge is 0.368 e. The zero-order valence-corrected chi connectivity index (χ0v) is 15.1. The van der Waals surface area contributed by atoms with Gasteiger partial charge in [-0.05, 0) is 44.5 Å². The Labute approximate surface area is 150 Å². The topological polar surface area (TPSA) is 89.3 Å². The lowest BCUT2D eigenvalue weighted by atomic mass is 10.1. The van der Waals surface area contributed by atoms with Crippen molar-refractivity contribution in [3.8, 4) is 0 Å². The van der Waals surface area contributed by atoms with Crippen LogP contribution in [0.4, 0.5) is 0 Å². The van der Waals surface area contributed by atoms with Crippen LogP contribution in [0.15, 0.2) is 53.4 Å². The molecule has 0 heterocycles. The molecule has 0 aromatic heterocycles. The summed E-state index contributed by atoms with van der Waals surface area (Å²) >= 11 is 0. The molecule has 0 saturated carbocycles. The Bertz CT molecular complexity index is 770.